The lowest BCUT2D eigenvalue weighted by atomic mass is 10.2. The van der Waals surface area contributed by atoms with E-state index in [-0.39, 0.29) is 16.8 Å². The zero-order valence-corrected chi connectivity index (χ0v) is 8.24. The van der Waals surface area contributed by atoms with Crippen LogP contribution in [-0.4, -0.2) is 41.2 Å². The molecule has 0 atom stereocenters. The highest BCUT2D eigenvalue weighted by Gasteiger charge is 2.39. The van der Waals surface area contributed by atoms with Crippen molar-refractivity contribution >= 4 is 12.0 Å². The molecule has 5 nitrogen and oxygen atoms in total. The highest BCUT2D eigenvalue weighted by atomic mass is 16.4. The van der Waals surface area contributed by atoms with Crippen molar-refractivity contribution in [2.45, 2.75) is 25.7 Å². The Morgan fingerprint density at radius 2 is 1.86 bits per heavy atom. The molecule has 3 N–H and O–H groups in total. The second kappa shape index (κ2) is 4.41. The summed E-state index contributed by atoms with van der Waals surface area (Å²) in [7, 11) is 0. The van der Waals surface area contributed by atoms with Crippen LogP contribution in [0.15, 0.2) is 0 Å². The first kappa shape index (κ1) is 11.0. The Morgan fingerprint density at radius 1 is 1.29 bits per heavy atom. The van der Waals surface area contributed by atoms with Crippen LogP contribution in [0.2, 0.25) is 0 Å². The summed E-state index contributed by atoms with van der Waals surface area (Å²) in [5, 5.41) is 9.09. The van der Waals surface area contributed by atoms with Crippen LogP contribution in [0, 0.1) is 0 Å². The van der Waals surface area contributed by atoms with E-state index in [1.165, 1.54) is 0 Å². The van der Waals surface area contributed by atoms with Crippen molar-refractivity contribution in [3.63, 3.8) is 0 Å². The van der Waals surface area contributed by atoms with Crippen molar-refractivity contribution in [3.05, 3.63) is 0 Å². The normalized spacial score (nSPS) is 19.4. The Morgan fingerprint density at radius 3 is 2.29 bits per heavy atom. The van der Waals surface area contributed by atoms with Gasteiger partial charge in [-0.1, -0.05) is 0 Å². The van der Waals surface area contributed by atoms with Gasteiger partial charge < -0.3 is 10.8 Å². The quantitative estimate of drug-likeness (QED) is 0.651. The second-order valence-corrected chi connectivity index (χ2v) is 3.88. The number of nitrogens with zero attached hydrogens (tertiary/aromatic N) is 1. The maximum absolute atomic E-state index is 11.1. The van der Waals surface area contributed by atoms with Crippen LogP contribution in [0.1, 0.15) is 25.7 Å². The number of likely N-dealkylation sites (tertiary alicyclic amines) is 1. The van der Waals surface area contributed by atoms with Crippen LogP contribution < -0.4 is 5.73 Å². The summed E-state index contributed by atoms with van der Waals surface area (Å²) in [6.45, 7) is 1.90. The zero-order chi connectivity index (χ0) is 10.6. The van der Waals surface area contributed by atoms with Crippen LogP contribution in [0.25, 0.3) is 0 Å². The van der Waals surface area contributed by atoms with Gasteiger partial charge in [0.1, 0.15) is 0 Å². The van der Waals surface area contributed by atoms with E-state index in [9.17, 15) is 9.59 Å². The maximum Gasteiger partial charge on any atom is 0.513 e. The van der Waals surface area contributed by atoms with E-state index < -0.39 is 6.09 Å². The van der Waals surface area contributed by atoms with Gasteiger partial charge in [0, 0.05) is 25.7 Å². The number of carbonyl (C=O) groups excluding carboxylic acids is 1. The number of amides is 2. The first-order valence-electron chi connectivity index (χ1n) is 4.95. The molecule has 1 aliphatic heterocycles. The van der Waals surface area contributed by atoms with E-state index >= 15 is 0 Å². The van der Waals surface area contributed by atoms with E-state index in [2.05, 4.69) is 0 Å². The van der Waals surface area contributed by atoms with Crippen molar-refractivity contribution in [1.29, 1.82) is 0 Å². The van der Waals surface area contributed by atoms with Crippen molar-refractivity contribution < 1.29 is 19.2 Å². The molecule has 0 aromatic heterocycles. The summed E-state index contributed by atoms with van der Waals surface area (Å²) in [5.74, 6) is -0.354. The molecule has 5 heteroatoms. The molecular formula is C9H17N2O3+. The van der Waals surface area contributed by atoms with Crippen molar-refractivity contribution in [2.24, 2.45) is 5.73 Å². The highest BCUT2D eigenvalue weighted by molar-refractivity contribution is 5.73. The van der Waals surface area contributed by atoms with Gasteiger partial charge in [-0.3, -0.25) is 4.79 Å². The Labute approximate surface area is 83.1 Å². The molecule has 1 rings (SSSR count). The van der Waals surface area contributed by atoms with Crippen molar-refractivity contribution in [3.8, 4) is 0 Å². The van der Waals surface area contributed by atoms with Crippen LogP contribution in [0.4, 0.5) is 4.79 Å². The molecule has 1 fully saturated rings. The van der Waals surface area contributed by atoms with Crippen molar-refractivity contribution in [2.75, 3.05) is 19.6 Å². The zero-order valence-electron chi connectivity index (χ0n) is 8.24. The van der Waals surface area contributed by atoms with E-state index in [1.807, 2.05) is 0 Å². The fraction of sp³-hybridized carbons (Fsp3) is 0.778. The molecule has 14 heavy (non-hydrogen) atoms. The Hall–Kier alpha value is -1.10. The van der Waals surface area contributed by atoms with Crippen LogP contribution in [-0.2, 0) is 4.79 Å². The summed E-state index contributed by atoms with van der Waals surface area (Å²) in [5.41, 5.74) is 5.00. The molecule has 0 radical (unpaired) electrons. The summed E-state index contributed by atoms with van der Waals surface area (Å²) in [6.07, 6.45) is 2.01. The summed E-state index contributed by atoms with van der Waals surface area (Å²) < 4.78 is 0.118. The Balaban J connectivity index is 2.44. The van der Waals surface area contributed by atoms with Crippen LogP contribution in [0.5, 0.6) is 0 Å². The molecule has 2 amide bonds. The minimum Gasteiger partial charge on any atom is -0.435 e. The maximum atomic E-state index is 11.1. The second-order valence-electron chi connectivity index (χ2n) is 3.88. The topological polar surface area (TPSA) is 80.4 Å². The van der Waals surface area contributed by atoms with Gasteiger partial charge in [-0.25, -0.2) is 4.48 Å². The summed E-state index contributed by atoms with van der Waals surface area (Å²) in [4.78, 5) is 21.6. The number of rotatable bonds is 4. The molecule has 0 bridgehead atoms. The summed E-state index contributed by atoms with van der Waals surface area (Å²) >= 11 is 0. The third-order valence-electron chi connectivity index (χ3n) is 2.84. The molecule has 1 heterocycles. The predicted molar refractivity (Wildman–Crippen MR) is 50.5 cm³/mol. The van der Waals surface area contributed by atoms with Gasteiger partial charge in [0.2, 0.25) is 5.91 Å². The number of primary amides is 1. The lowest BCUT2D eigenvalue weighted by molar-refractivity contribution is -0.845. The van der Waals surface area contributed by atoms with Gasteiger partial charge in [0.25, 0.3) is 0 Å². The average molecular weight is 201 g/mol. The monoisotopic (exact) mass is 201 g/mol. The molecule has 0 spiro atoms. The molecule has 0 aromatic rings. The third kappa shape index (κ3) is 2.45. The third-order valence-corrected chi connectivity index (χ3v) is 2.84. The first-order chi connectivity index (χ1) is 6.57. The number of carbonyl (C=O) groups is 2. The van der Waals surface area contributed by atoms with Gasteiger partial charge in [-0.2, -0.15) is 4.79 Å². The number of nitrogens with two attached hydrogens (primary N) is 1. The molecule has 0 aliphatic carbocycles. The van der Waals surface area contributed by atoms with Gasteiger partial charge in [0.15, 0.2) is 0 Å². The predicted octanol–water partition coefficient (Wildman–Crippen LogP) is 0.540. The minimum atomic E-state index is -0.771. The SMILES string of the molecule is NC(=O)CCC[N+]1(C(=O)O)CCCC1. The number of hydrogen-bond donors (Lipinski definition) is 2. The molecule has 0 saturated carbocycles. The molecule has 1 saturated heterocycles. The van der Waals surface area contributed by atoms with E-state index in [4.69, 9.17) is 10.8 Å². The fourth-order valence-electron chi connectivity index (χ4n) is 2.01. The summed E-state index contributed by atoms with van der Waals surface area (Å²) in [6, 6.07) is 0. The van der Waals surface area contributed by atoms with Gasteiger partial charge in [0.05, 0.1) is 19.6 Å². The van der Waals surface area contributed by atoms with E-state index in [0.717, 1.165) is 12.8 Å². The fourth-order valence-corrected chi connectivity index (χ4v) is 2.01. The molecule has 0 unspecified atom stereocenters. The Bertz CT molecular complexity index is 234. The average Bonchev–Trinajstić information content (AvgIpc) is 2.53. The molecule has 80 valence electrons. The molecule has 1 aliphatic rings. The molecular weight excluding hydrogens is 184 g/mol. The van der Waals surface area contributed by atoms with Gasteiger partial charge in [-0.15, -0.1) is 0 Å². The van der Waals surface area contributed by atoms with Gasteiger partial charge >= 0.3 is 6.09 Å². The van der Waals surface area contributed by atoms with E-state index in [1.54, 1.807) is 0 Å². The minimum absolute atomic E-state index is 0.118. The Kier molecular flexibility index (Phi) is 3.46. The smallest absolute Gasteiger partial charge is 0.435 e. The largest absolute Gasteiger partial charge is 0.513 e. The van der Waals surface area contributed by atoms with Crippen LogP contribution in [0.3, 0.4) is 0 Å². The number of carboxylic acid groups (broad SMARTS) is 1. The first-order valence-corrected chi connectivity index (χ1v) is 4.95. The highest BCUT2D eigenvalue weighted by Crippen LogP contribution is 2.20. The lowest BCUT2D eigenvalue weighted by Crippen LogP contribution is -2.50. The van der Waals surface area contributed by atoms with Gasteiger partial charge in [-0.05, 0) is 0 Å². The number of quaternary nitrogens is 1. The number of hydrogen-bond acceptors (Lipinski definition) is 2. The standard InChI is InChI=1S/C9H16N2O3/c10-8(12)4-3-7-11(9(13)14)5-1-2-6-11/h1-7H2,(H2-,10,12,13,14)/p+1. The lowest BCUT2D eigenvalue weighted by Gasteiger charge is -2.27. The molecule has 0 aromatic carbocycles. The van der Waals surface area contributed by atoms with E-state index in [0.29, 0.717) is 26.1 Å². The van der Waals surface area contributed by atoms with Crippen LogP contribution >= 0.6 is 0 Å². The van der Waals surface area contributed by atoms with Crippen molar-refractivity contribution in [1.82, 2.24) is 0 Å².